The summed E-state index contributed by atoms with van der Waals surface area (Å²) >= 11 is 6.27. The average Bonchev–Trinajstić information content (AvgIpc) is 3.23. The van der Waals surface area contributed by atoms with Crippen molar-refractivity contribution in [1.29, 1.82) is 0 Å². The Morgan fingerprint density at radius 3 is 2.79 bits per heavy atom. The van der Waals surface area contributed by atoms with Gasteiger partial charge in [0.25, 0.3) is 5.56 Å². The summed E-state index contributed by atoms with van der Waals surface area (Å²) in [5.74, 6) is 0. The number of halogens is 1. The summed E-state index contributed by atoms with van der Waals surface area (Å²) in [6, 6.07) is 13.2. The zero-order chi connectivity index (χ0) is 23.5. The summed E-state index contributed by atoms with van der Waals surface area (Å²) in [4.78, 5) is 33.5. The third kappa shape index (κ3) is 5.23. The SMILES string of the molecule is CCN1CCC[C@@H]1CN(Cc1cc2cc(C)cc(C)c2[nH]c1=O)C(=O)Nc1ccccc1Cl. The second-order valence-corrected chi connectivity index (χ2v) is 9.29. The fourth-order valence-corrected chi connectivity index (χ4v) is 4.99. The van der Waals surface area contributed by atoms with E-state index in [1.165, 1.54) is 0 Å². The van der Waals surface area contributed by atoms with Gasteiger partial charge in [0.2, 0.25) is 0 Å². The predicted molar refractivity (Wildman–Crippen MR) is 135 cm³/mol. The number of nitrogens with one attached hydrogen (secondary N) is 2. The van der Waals surface area contributed by atoms with Crippen LogP contribution in [0, 0.1) is 13.8 Å². The molecule has 1 aliphatic rings. The molecule has 33 heavy (non-hydrogen) atoms. The molecule has 174 valence electrons. The van der Waals surface area contributed by atoms with Crippen LogP contribution in [-0.2, 0) is 6.54 Å². The molecule has 0 radical (unpaired) electrons. The lowest BCUT2D eigenvalue weighted by molar-refractivity contribution is 0.174. The lowest BCUT2D eigenvalue weighted by atomic mass is 10.0. The molecule has 3 aromatic rings. The first-order chi connectivity index (χ1) is 15.9. The number of carbonyl (C=O) groups excluding carboxylic acids is 1. The van der Waals surface area contributed by atoms with E-state index in [0.29, 0.717) is 22.8 Å². The number of carbonyl (C=O) groups is 1. The molecule has 4 rings (SSSR count). The number of amides is 2. The van der Waals surface area contributed by atoms with Crippen molar-refractivity contribution in [2.45, 2.75) is 46.2 Å². The van der Waals surface area contributed by atoms with Crippen molar-refractivity contribution in [3.8, 4) is 0 Å². The van der Waals surface area contributed by atoms with E-state index in [0.717, 1.165) is 48.0 Å². The minimum Gasteiger partial charge on any atom is -0.321 e. The Morgan fingerprint density at radius 2 is 2.03 bits per heavy atom. The fourth-order valence-electron chi connectivity index (χ4n) is 4.80. The first-order valence-corrected chi connectivity index (χ1v) is 11.9. The van der Waals surface area contributed by atoms with Crippen molar-refractivity contribution < 1.29 is 4.79 Å². The van der Waals surface area contributed by atoms with Crippen molar-refractivity contribution in [2.75, 3.05) is 25.0 Å². The van der Waals surface area contributed by atoms with Crippen LogP contribution < -0.4 is 10.9 Å². The summed E-state index contributed by atoms with van der Waals surface area (Å²) in [7, 11) is 0. The lowest BCUT2D eigenvalue weighted by Gasteiger charge is -2.30. The van der Waals surface area contributed by atoms with Gasteiger partial charge >= 0.3 is 6.03 Å². The number of anilines is 1. The molecule has 0 spiro atoms. The van der Waals surface area contributed by atoms with Gasteiger partial charge < -0.3 is 15.2 Å². The second-order valence-electron chi connectivity index (χ2n) is 8.88. The number of para-hydroxylation sites is 1. The Morgan fingerprint density at radius 1 is 1.24 bits per heavy atom. The Balaban J connectivity index is 1.65. The van der Waals surface area contributed by atoms with Crippen LogP contribution in [-0.4, -0.2) is 46.5 Å². The molecule has 0 unspecified atom stereocenters. The highest BCUT2D eigenvalue weighted by molar-refractivity contribution is 6.33. The number of urea groups is 1. The van der Waals surface area contributed by atoms with Crippen molar-refractivity contribution in [1.82, 2.24) is 14.8 Å². The van der Waals surface area contributed by atoms with Gasteiger partial charge in [-0.05, 0) is 75.0 Å². The summed E-state index contributed by atoms with van der Waals surface area (Å²) in [6.07, 6.45) is 2.16. The van der Waals surface area contributed by atoms with E-state index in [4.69, 9.17) is 11.6 Å². The molecule has 0 bridgehead atoms. The van der Waals surface area contributed by atoms with Crippen molar-refractivity contribution in [2.24, 2.45) is 0 Å². The number of aryl methyl sites for hydroxylation is 2. The molecule has 0 aliphatic carbocycles. The molecule has 1 atom stereocenters. The number of hydrogen-bond donors (Lipinski definition) is 2. The monoisotopic (exact) mass is 466 g/mol. The summed E-state index contributed by atoms with van der Waals surface area (Å²) < 4.78 is 0. The number of fused-ring (bicyclic) bond motifs is 1. The Kier molecular flexibility index (Phi) is 7.05. The molecule has 7 heteroatoms. The number of hydrogen-bond acceptors (Lipinski definition) is 3. The normalized spacial score (nSPS) is 16.3. The van der Waals surface area contributed by atoms with Gasteiger partial charge in [-0.2, -0.15) is 0 Å². The van der Waals surface area contributed by atoms with E-state index in [-0.39, 0.29) is 24.2 Å². The summed E-state index contributed by atoms with van der Waals surface area (Å²) in [5, 5.41) is 4.40. The van der Waals surface area contributed by atoms with Crippen molar-refractivity contribution >= 4 is 34.2 Å². The third-order valence-corrected chi connectivity index (χ3v) is 6.80. The van der Waals surface area contributed by atoms with E-state index in [1.807, 2.05) is 32.0 Å². The maximum Gasteiger partial charge on any atom is 0.322 e. The van der Waals surface area contributed by atoms with Gasteiger partial charge in [0, 0.05) is 18.2 Å². The number of likely N-dealkylation sites (N-methyl/N-ethyl adjacent to an activating group) is 1. The van der Waals surface area contributed by atoms with E-state index in [9.17, 15) is 9.59 Å². The Labute approximate surface area is 199 Å². The van der Waals surface area contributed by atoms with E-state index in [1.54, 1.807) is 17.0 Å². The van der Waals surface area contributed by atoms with Crippen molar-refractivity contribution in [3.63, 3.8) is 0 Å². The minimum absolute atomic E-state index is 0.163. The molecule has 1 aromatic heterocycles. The second kappa shape index (κ2) is 9.98. The number of nitrogens with zero attached hydrogens (tertiary/aromatic N) is 2. The highest BCUT2D eigenvalue weighted by Crippen LogP contribution is 2.24. The van der Waals surface area contributed by atoms with E-state index >= 15 is 0 Å². The van der Waals surface area contributed by atoms with Gasteiger partial charge in [-0.3, -0.25) is 9.69 Å². The first kappa shape index (κ1) is 23.3. The van der Waals surface area contributed by atoms with Crippen LogP contribution in [0.25, 0.3) is 10.9 Å². The molecule has 1 saturated heterocycles. The van der Waals surface area contributed by atoms with Crippen LogP contribution in [0.4, 0.5) is 10.5 Å². The summed E-state index contributed by atoms with van der Waals surface area (Å²) in [6.45, 7) is 8.94. The molecule has 2 aromatic carbocycles. The first-order valence-electron chi connectivity index (χ1n) is 11.5. The maximum atomic E-state index is 13.4. The van der Waals surface area contributed by atoms with Crippen LogP contribution in [0.1, 0.15) is 36.5 Å². The number of likely N-dealkylation sites (tertiary alicyclic amines) is 1. The van der Waals surface area contributed by atoms with Crippen LogP contribution >= 0.6 is 11.6 Å². The van der Waals surface area contributed by atoms with Gasteiger partial charge in [-0.25, -0.2) is 4.79 Å². The van der Waals surface area contributed by atoms with Crippen LogP contribution in [0.2, 0.25) is 5.02 Å². The third-order valence-electron chi connectivity index (χ3n) is 6.47. The molecule has 2 N–H and O–H groups in total. The predicted octanol–water partition coefficient (Wildman–Crippen LogP) is 5.32. The molecule has 1 fully saturated rings. The fraction of sp³-hybridized carbons (Fsp3) is 0.385. The lowest BCUT2D eigenvalue weighted by Crippen LogP contribution is -2.45. The molecule has 0 saturated carbocycles. The van der Waals surface area contributed by atoms with Gasteiger partial charge in [-0.15, -0.1) is 0 Å². The number of aromatic amines is 1. The van der Waals surface area contributed by atoms with Gasteiger partial charge in [-0.1, -0.05) is 42.3 Å². The van der Waals surface area contributed by atoms with Crippen LogP contribution in [0.15, 0.2) is 47.3 Å². The molecule has 2 heterocycles. The highest BCUT2D eigenvalue weighted by Gasteiger charge is 2.28. The van der Waals surface area contributed by atoms with Crippen LogP contribution in [0.5, 0.6) is 0 Å². The number of benzene rings is 2. The topological polar surface area (TPSA) is 68.4 Å². The maximum absolute atomic E-state index is 13.4. The molecular weight excluding hydrogens is 436 g/mol. The minimum atomic E-state index is -0.258. The molecular formula is C26H31ClN4O2. The quantitative estimate of drug-likeness (QED) is 0.516. The summed E-state index contributed by atoms with van der Waals surface area (Å²) in [5.41, 5.74) is 3.98. The average molecular weight is 467 g/mol. The largest absolute Gasteiger partial charge is 0.322 e. The van der Waals surface area contributed by atoms with Crippen LogP contribution in [0.3, 0.4) is 0 Å². The van der Waals surface area contributed by atoms with Gasteiger partial charge in [0.1, 0.15) is 0 Å². The molecule has 6 nitrogen and oxygen atoms in total. The molecule has 1 aliphatic heterocycles. The number of rotatable bonds is 6. The Bertz CT molecular complexity index is 1220. The standard InChI is InChI=1S/C26H31ClN4O2/c1-4-30-11-7-8-21(30)16-31(26(33)28-23-10-6-5-9-22(23)27)15-20-14-19-13-17(2)12-18(3)24(19)29-25(20)32/h5-6,9-10,12-14,21H,4,7-8,11,15-16H2,1-3H3,(H,28,33)(H,29,32)/t21-/m1/s1. The number of H-pyrrole nitrogens is 1. The van der Waals surface area contributed by atoms with E-state index < -0.39 is 0 Å². The number of pyridine rings is 1. The molecule has 2 amide bonds. The number of aromatic nitrogens is 1. The van der Waals surface area contributed by atoms with Crippen molar-refractivity contribution in [3.05, 3.63) is 74.5 Å². The zero-order valence-electron chi connectivity index (χ0n) is 19.5. The smallest absolute Gasteiger partial charge is 0.321 e. The van der Waals surface area contributed by atoms with Gasteiger partial charge in [0.05, 0.1) is 22.8 Å². The zero-order valence-corrected chi connectivity index (χ0v) is 20.2. The van der Waals surface area contributed by atoms with Gasteiger partial charge in [0.15, 0.2) is 0 Å². The Hall–Kier alpha value is -2.83. The highest BCUT2D eigenvalue weighted by atomic mass is 35.5. The van der Waals surface area contributed by atoms with E-state index in [2.05, 4.69) is 34.3 Å².